The second kappa shape index (κ2) is 6.34. The van der Waals surface area contributed by atoms with Crippen molar-refractivity contribution in [2.75, 3.05) is 13.6 Å². The number of rotatable bonds is 6. The van der Waals surface area contributed by atoms with Crippen molar-refractivity contribution in [1.82, 2.24) is 19.7 Å². The summed E-state index contributed by atoms with van der Waals surface area (Å²) < 4.78 is 1.52. The lowest BCUT2D eigenvalue weighted by molar-refractivity contribution is -0.130. The quantitative estimate of drug-likeness (QED) is 0.764. The molecular weight excluding hydrogens is 218 g/mol. The van der Waals surface area contributed by atoms with Gasteiger partial charge in [-0.15, -0.1) is 0 Å². The van der Waals surface area contributed by atoms with E-state index in [1.54, 1.807) is 11.9 Å². The van der Waals surface area contributed by atoms with Crippen molar-refractivity contribution in [3.05, 3.63) is 12.7 Å². The Hall–Kier alpha value is -1.43. The number of likely N-dealkylation sites (N-methyl/N-ethyl adjacent to an activating group) is 1. The summed E-state index contributed by atoms with van der Waals surface area (Å²) in [5.74, 6) is 0.459. The molecule has 0 fully saturated rings. The lowest BCUT2D eigenvalue weighted by atomic mass is 10.0. The van der Waals surface area contributed by atoms with Gasteiger partial charge < -0.3 is 10.6 Å². The van der Waals surface area contributed by atoms with Crippen LogP contribution in [0.4, 0.5) is 0 Å². The van der Waals surface area contributed by atoms with Gasteiger partial charge in [0, 0.05) is 19.6 Å². The standard InChI is InChI=1S/C11H21N5O/c1-9(2)10(12)4-5-15(3)11(17)6-16-8-13-7-14-16/h7-10H,4-6,12H2,1-3H3. The van der Waals surface area contributed by atoms with Crippen LogP contribution >= 0.6 is 0 Å². The van der Waals surface area contributed by atoms with Gasteiger partial charge in [-0.05, 0) is 12.3 Å². The molecule has 2 N–H and O–H groups in total. The summed E-state index contributed by atoms with van der Waals surface area (Å²) in [6.07, 6.45) is 3.77. The van der Waals surface area contributed by atoms with E-state index in [-0.39, 0.29) is 18.5 Å². The van der Waals surface area contributed by atoms with Gasteiger partial charge in [0.2, 0.25) is 5.91 Å². The first-order valence-corrected chi connectivity index (χ1v) is 5.82. The summed E-state index contributed by atoms with van der Waals surface area (Å²) in [6.45, 7) is 5.07. The van der Waals surface area contributed by atoms with Crippen LogP contribution in [-0.4, -0.2) is 45.2 Å². The van der Waals surface area contributed by atoms with Crippen LogP contribution in [0.1, 0.15) is 20.3 Å². The molecule has 0 radical (unpaired) electrons. The van der Waals surface area contributed by atoms with E-state index in [9.17, 15) is 4.79 Å². The van der Waals surface area contributed by atoms with Crippen LogP contribution in [0.2, 0.25) is 0 Å². The SMILES string of the molecule is CC(C)C(N)CCN(C)C(=O)Cn1cncn1. The van der Waals surface area contributed by atoms with E-state index < -0.39 is 0 Å². The second-order valence-electron chi connectivity index (χ2n) is 4.60. The number of carbonyl (C=O) groups excluding carboxylic acids is 1. The number of carbonyl (C=O) groups is 1. The van der Waals surface area contributed by atoms with E-state index in [0.29, 0.717) is 12.5 Å². The van der Waals surface area contributed by atoms with E-state index >= 15 is 0 Å². The molecule has 1 amide bonds. The molecule has 1 heterocycles. The molecule has 0 saturated heterocycles. The smallest absolute Gasteiger partial charge is 0.244 e. The van der Waals surface area contributed by atoms with Crippen LogP contribution in [0.25, 0.3) is 0 Å². The zero-order valence-electron chi connectivity index (χ0n) is 10.7. The predicted octanol–water partition coefficient (Wildman–Crippen LogP) is 0.110. The molecule has 1 atom stereocenters. The van der Waals surface area contributed by atoms with Crippen molar-refractivity contribution in [2.45, 2.75) is 32.9 Å². The van der Waals surface area contributed by atoms with Gasteiger partial charge in [0.1, 0.15) is 19.2 Å². The molecule has 96 valence electrons. The van der Waals surface area contributed by atoms with E-state index in [1.807, 2.05) is 0 Å². The zero-order chi connectivity index (χ0) is 12.8. The first kappa shape index (κ1) is 13.6. The van der Waals surface area contributed by atoms with Gasteiger partial charge in [0.15, 0.2) is 0 Å². The summed E-state index contributed by atoms with van der Waals surface area (Å²) in [6, 6.07) is 0.136. The molecule has 17 heavy (non-hydrogen) atoms. The average Bonchev–Trinajstić information content (AvgIpc) is 2.77. The molecule has 0 aromatic carbocycles. The Kier molecular flexibility index (Phi) is 5.09. The van der Waals surface area contributed by atoms with Gasteiger partial charge in [-0.1, -0.05) is 13.8 Å². The highest BCUT2D eigenvalue weighted by Crippen LogP contribution is 2.03. The maximum Gasteiger partial charge on any atom is 0.244 e. The minimum Gasteiger partial charge on any atom is -0.344 e. The normalized spacial score (nSPS) is 12.8. The Morgan fingerprint density at radius 2 is 2.24 bits per heavy atom. The molecule has 1 unspecified atom stereocenters. The molecular formula is C11H21N5O. The Labute approximate surface area is 102 Å². The molecule has 1 aromatic heterocycles. The number of nitrogens with two attached hydrogens (primary N) is 1. The maximum atomic E-state index is 11.8. The number of aromatic nitrogens is 3. The van der Waals surface area contributed by atoms with Crippen LogP contribution in [-0.2, 0) is 11.3 Å². The molecule has 0 aliphatic heterocycles. The van der Waals surface area contributed by atoms with E-state index in [2.05, 4.69) is 23.9 Å². The highest BCUT2D eigenvalue weighted by Gasteiger charge is 2.13. The first-order valence-electron chi connectivity index (χ1n) is 5.82. The van der Waals surface area contributed by atoms with Gasteiger partial charge >= 0.3 is 0 Å². The van der Waals surface area contributed by atoms with Gasteiger partial charge in [-0.2, -0.15) is 5.10 Å². The Bertz CT molecular complexity index is 336. The molecule has 1 aromatic rings. The fourth-order valence-electron chi connectivity index (χ4n) is 1.37. The van der Waals surface area contributed by atoms with Gasteiger partial charge in [-0.3, -0.25) is 4.79 Å². The minimum absolute atomic E-state index is 0.0199. The monoisotopic (exact) mass is 239 g/mol. The molecule has 0 aliphatic rings. The Balaban J connectivity index is 2.32. The summed E-state index contributed by atoms with van der Waals surface area (Å²) in [7, 11) is 1.78. The van der Waals surface area contributed by atoms with Crippen molar-refractivity contribution in [3.8, 4) is 0 Å². The molecule has 6 heteroatoms. The molecule has 0 saturated carbocycles. The minimum atomic E-state index is 0.0199. The lowest BCUT2D eigenvalue weighted by Crippen LogP contribution is -2.36. The third kappa shape index (κ3) is 4.52. The van der Waals surface area contributed by atoms with E-state index in [4.69, 9.17) is 5.73 Å². The fraction of sp³-hybridized carbons (Fsp3) is 0.727. The van der Waals surface area contributed by atoms with Crippen LogP contribution in [0.5, 0.6) is 0 Å². The van der Waals surface area contributed by atoms with Crippen molar-refractivity contribution in [1.29, 1.82) is 0 Å². The van der Waals surface area contributed by atoms with Gasteiger partial charge in [0.25, 0.3) is 0 Å². The number of hydrogen-bond acceptors (Lipinski definition) is 4. The van der Waals surface area contributed by atoms with Crippen LogP contribution in [0.15, 0.2) is 12.7 Å². The maximum absolute atomic E-state index is 11.8. The highest BCUT2D eigenvalue weighted by molar-refractivity contribution is 5.75. The van der Waals surface area contributed by atoms with Crippen LogP contribution in [0, 0.1) is 5.92 Å². The number of nitrogens with zero attached hydrogens (tertiary/aromatic N) is 4. The molecule has 0 spiro atoms. The average molecular weight is 239 g/mol. The topological polar surface area (TPSA) is 77.0 Å². The van der Waals surface area contributed by atoms with Crippen molar-refractivity contribution < 1.29 is 4.79 Å². The largest absolute Gasteiger partial charge is 0.344 e. The second-order valence-corrected chi connectivity index (χ2v) is 4.60. The summed E-state index contributed by atoms with van der Waals surface area (Å²) in [5, 5.41) is 3.90. The molecule has 1 rings (SSSR count). The highest BCUT2D eigenvalue weighted by atomic mass is 16.2. The van der Waals surface area contributed by atoms with Crippen LogP contribution < -0.4 is 5.73 Å². The molecule has 0 aliphatic carbocycles. The van der Waals surface area contributed by atoms with E-state index in [0.717, 1.165) is 6.42 Å². The third-order valence-corrected chi connectivity index (χ3v) is 2.84. The Morgan fingerprint density at radius 3 is 2.76 bits per heavy atom. The number of amides is 1. The third-order valence-electron chi connectivity index (χ3n) is 2.84. The van der Waals surface area contributed by atoms with Crippen molar-refractivity contribution in [3.63, 3.8) is 0 Å². The zero-order valence-corrected chi connectivity index (χ0v) is 10.7. The van der Waals surface area contributed by atoms with Gasteiger partial charge in [-0.25, -0.2) is 9.67 Å². The summed E-state index contributed by atoms with van der Waals surface area (Å²) in [4.78, 5) is 17.3. The summed E-state index contributed by atoms with van der Waals surface area (Å²) >= 11 is 0. The predicted molar refractivity (Wildman–Crippen MR) is 65.1 cm³/mol. The summed E-state index contributed by atoms with van der Waals surface area (Å²) in [5.41, 5.74) is 5.94. The van der Waals surface area contributed by atoms with Crippen molar-refractivity contribution in [2.24, 2.45) is 11.7 Å². The first-order chi connectivity index (χ1) is 8.00. The molecule has 6 nitrogen and oxygen atoms in total. The van der Waals surface area contributed by atoms with Crippen molar-refractivity contribution >= 4 is 5.91 Å². The molecule has 0 bridgehead atoms. The van der Waals surface area contributed by atoms with Crippen LogP contribution in [0.3, 0.4) is 0 Å². The lowest BCUT2D eigenvalue weighted by Gasteiger charge is -2.21. The van der Waals surface area contributed by atoms with E-state index in [1.165, 1.54) is 17.3 Å². The Morgan fingerprint density at radius 1 is 1.53 bits per heavy atom. The van der Waals surface area contributed by atoms with Gasteiger partial charge in [0.05, 0.1) is 0 Å². The fourth-order valence-corrected chi connectivity index (χ4v) is 1.37. The number of hydrogen-bond donors (Lipinski definition) is 1.